The number of aromatic nitrogens is 3. The second kappa shape index (κ2) is 4.78. The quantitative estimate of drug-likeness (QED) is 0.743. The molecule has 5 nitrogen and oxygen atoms in total. The van der Waals surface area contributed by atoms with E-state index in [9.17, 15) is 4.79 Å². The number of rotatable bonds is 4. The molecule has 2 rings (SSSR count). The second-order valence-electron chi connectivity index (χ2n) is 3.60. The number of aryl methyl sites for hydroxylation is 1. The van der Waals surface area contributed by atoms with Crippen LogP contribution in [0.2, 0.25) is 0 Å². The van der Waals surface area contributed by atoms with Crippen LogP contribution in [0.4, 0.5) is 0 Å². The Morgan fingerprint density at radius 1 is 1.41 bits per heavy atom. The lowest BCUT2D eigenvalue weighted by atomic mass is 10.1. The summed E-state index contributed by atoms with van der Waals surface area (Å²) in [6.45, 7) is 0. The molecule has 88 valence electrons. The summed E-state index contributed by atoms with van der Waals surface area (Å²) in [6.07, 6.45) is 1.65. The van der Waals surface area contributed by atoms with E-state index < -0.39 is 0 Å². The van der Waals surface area contributed by atoms with E-state index in [1.807, 2.05) is 12.1 Å². The topological polar surface area (TPSA) is 57.0 Å². The lowest BCUT2D eigenvalue weighted by Gasteiger charge is -2.06. The van der Waals surface area contributed by atoms with Crippen molar-refractivity contribution in [2.75, 3.05) is 7.11 Å². The number of methoxy groups -OCH3 is 1. The summed E-state index contributed by atoms with van der Waals surface area (Å²) >= 11 is 0. The molecule has 1 aromatic carbocycles. The summed E-state index contributed by atoms with van der Waals surface area (Å²) in [4.78, 5) is 16.1. The molecule has 0 amide bonds. The van der Waals surface area contributed by atoms with Gasteiger partial charge in [-0.2, -0.15) is 5.10 Å². The summed E-state index contributed by atoms with van der Waals surface area (Å²) < 4.78 is 6.74. The van der Waals surface area contributed by atoms with Crippen LogP contribution in [-0.4, -0.2) is 27.7 Å². The molecule has 2 aromatic rings. The number of benzene rings is 1. The van der Waals surface area contributed by atoms with Gasteiger partial charge in [-0.1, -0.05) is 12.1 Å². The van der Waals surface area contributed by atoms with Crippen LogP contribution in [-0.2, 0) is 13.5 Å². The van der Waals surface area contributed by atoms with Crippen LogP contribution in [0.15, 0.2) is 30.6 Å². The zero-order valence-corrected chi connectivity index (χ0v) is 9.75. The van der Waals surface area contributed by atoms with E-state index in [4.69, 9.17) is 4.74 Å². The summed E-state index contributed by atoms with van der Waals surface area (Å²) in [5.41, 5.74) is 0.568. The maximum Gasteiger partial charge on any atom is 0.174 e. The van der Waals surface area contributed by atoms with Crippen molar-refractivity contribution in [3.63, 3.8) is 0 Å². The highest BCUT2D eigenvalue weighted by molar-refractivity contribution is 5.99. The number of nitrogens with zero attached hydrogens (tertiary/aromatic N) is 3. The van der Waals surface area contributed by atoms with Crippen molar-refractivity contribution in [2.24, 2.45) is 7.05 Å². The van der Waals surface area contributed by atoms with E-state index in [0.29, 0.717) is 17.1 Å². The summed E-state index contributed by atoms with van der Waals surface area (Å²) in [5, 5.41) is 3.93. The molecular weight excluding hydrogens is 218 g/mol. The molecule has 1 heterocycles. The number of carbonyl (C=O) groups is 1. The molecule has 0 aliphatic rings. The number of carbonyl (C=O) groups excluding carboxylic acids is 1. The molecule has 0 aliphatic carbocycles. The van der Waals surface area contributed by atoms with Crippen molar-refractivity contribution < 1.29 is 9.53 Å². The predicted molar refractivity (Wildman–Crippen MR) is 62.0 cm³/mol. The van der Waals surface area contributed by atoms with Crippen LogP contribution in [0.3, 0.4) is 0 Å². The minimum absolute atomic E-state index is 0.0291. The summed E-state index contributed by atoms with van der Waals surface area (Å²) in [7, 11) is 3.31. The average Bonchev–Trinajstić information content (AvgIpc) is 2.75. The van der Waals surface area contributed by atoms with Gasteiger partial charge in [-0.15, -0.1) is 0 Å². The standard InChI is InChI=1S/C12H13N3O2/c1-15-12(13-8-14-15)7-10(16)9-5-3-4-6-11(9)17-2/h3-6,8H,7H2,1-2H3. The van der Waals surface area contributed by atoms with E-state index in [2.05, 4.69) is 10.1 Å². The molecule has 0 fully saturated rings. The Hall–Kier alpha value is -2.17. The van der Waals surface area contributed by atoms with Gasteiger partial charge in [-0.05, 0) is 12.1 Å². The van der Waals surface area contributed by atoms with Crippen LogP contribution in [0.5, 0.6) is 5.75 Å². The highest BCUT2D eigenvalue weighted by Gasteiger charge is 2.14. The molecule has 0 N–H and O–H groups in total. The van der Waals surface area contributed by atoms with Gasteiger partial charge in [0.25, 0.3) is 0 Å². The Morgan fingerprint density at radius 2 is 2.18 bits per heavy atom. The molecule has 5 heteroatoms. The Balaban J connectivity index is 2.23. The maximum absolute atomic E-state index is 12.1. The summed E-state index contributed by atoms with van der Waals surface area (Å²) in [5.74, 6) is 1.19. The number of hydrogen-bond donors (Lipinski definition) is 0. The van der Waals surface area contributed by atoms with Crippen molar-refractivity contribution in [1.82, 2.24) is 14.8 Å². The van der Waals surface area contributed by atoms with Gasteiger partial charge in [0.2, 0.25) is 0 Å². The second-order valence-corrected chi connectivity index (χ2v) is 3.60. The third kappa shape index (κ3) is 2.33. The smallest absolute Gasteiger partial charge is 0.174 e. The number of hydrogen-bond acceptors (Lipinski definition) is 4. The van der Waals surface area contributed by atoms with E-state index in [0.717, 1.165) is 0 Å². The molecule has 1 aromatic heterocycles. The molecule has 0 saturated carbocycles. The van der Waals surface area contributed by atoms with Gasteiger partial charge in [-0.25, -0.2) is 4.98 Å². The molecule has 0 atom stereocenters. The van der Waals surface area contributed by atoms with Crippen molar-refractivity contribution in [3.05, 3.63) is 42.0 Å². The van der Waals surface area contributed by atoms with Crippen LogP contribution in [0, 0.1) is 0 Å². The van der Waals surface area contributed by atoms with E-state index in [-0.39, 0.29) is 12.2 Å². The van der Waals surface area contributed by atoms with Gasteiger partial charge >= 0.3 is 0 Å². The fourth-order valence-corrected chi connectivity index (χ4v) is 1.59. The van der Waals surface area contributed by atoms with Gasteiger partial charge < -0.3 is 4.74 Å². The van der Waals surface area contributed by atoms with E-state index >= 15 is 0 Å². The Kier molecular flexibility index (Phi) is 3.18. The van der Waals surface area contributed by atoms with E-state index in [1.54, 1.807) is 31.0 Å². The summed E-state index contributed by atoms with van der Waals surface area (Å²) in [6, 6.07) is 7.16. The largest absolute Gasteiger partial charge is 0.496 e. The van der Waals surface area contributed by atoms with E-state index in [1.165, 1.54) is 6.33 Å². The lowest BCUT2D eigenvalue weighted by molar-refractivity contribution is 0.0986. The third-order valence-corrected chi connectivity index (χ3v) is 2.53. The first-order chi connectivity index (χ1) is 8.22. The zero-order chi connectivity index (χ0) is 12.3. The number of ether oxygens (including phenoxy) is 1. The monoisotopic (exact) mass is 231 g/mol. The normalized spacial score (nSPS) is 10.2. The molecule has 0 unspecified atom stereocenters. The third-order valence-electron chi connectivity index (χ3n) is 2.53. The van der Waals surface area contributed by atoms with Gasteiger partial charge in [-0.3, -0.25) is 9.48 Å². The molecule has 17 heavy (non-hydrogen) atoms. The molecule has 0 bridgehead atoms. The first-order valence-corrected chi connectivity index (χ1v) is 5.21. The van der Waals surface area contributed by atoms with Crippen molar-refractivity contribution in [1.29, 1.82) is 0 Å². The lowest BCUT2D eigenvalue weighted by Crippen LogP contribution is -2.10. The van der Waals surface area contributed by atoms with Crippen LogP contribution < -0.4 is 4.74 Å². The Bertz CT molecular complexity index is 534. The van der Waals surface area contributed by atoms with Crippen LogP contribution >= 0.6 is 0 Å². The van der Waals surface area contributed by atoms with Crippen molar-refractivity contribution in [3.8, 4) is 5.75 Å². The number of ketones is 1. The average molecular weight is 231 g/mol. The van der Waals surface area contributed by atoms with Gasteiger partial charge in [0.1, 0.15) is 17.9 Å². The molecule has 0 saturated heterocycles. The number of Topliss-reactive ketones (excluding diaryl/α,β-unsaturated/α-hetero) is 1. The van der Waals surface area contributed by atoms with Crippen LogP contribution in [0.1, 0.15) is 16.2 Å². The van der Waals surface area contributed by atoms with Gasteiger partial charge in [0.05, 0.1) is 19.1 Å². The van der Waals surface area contributed by atoms with Crippen LogP contribution in [0.25, 0.3) is 0 Å². The SMILES string of the molecule is COc1ccccc1C(=O)Cc1ncnn1C. The van der Waals surface area contributed by atoms with Gasteiger partial charge in [0.15, 0.2) is 5.78 Å². The highest BCUT2D eigenvalue weighted by atomic mass is 16.5. The molecule has 0 spiro atoms. The van der Waals surface area contributed by atoms with Crippen molar-refractivity contribution >= 4 is 5.78 Å². The Morgan fingerprint density at radius 3 is 2.82 bits per heavy atom. The minimum Gasteiger partial charge on any atom is -0.496 e. The fourth-order valence-electron chi connectivity index (χ4n) is 1.59. The molecule has 0 radical (unpaired) electrons. The Labute approximate surface area is 99.1 Å². The maximum atomic E-state index is 12.1. The van der Waals surface area contributed by atoms with Gasteiger partial charge in [0, 0.05) is 7.05 Å². The minimum atomic E-state index is -0.0291. The number of para-hydroxylation sites is 1. The first kappa shape index (κ1) is 11.3. The van der Waals surface area contributed by atoms with Crippen molar-refractivity contribution in [2.45, 2.75) is 6.42 Å². The molecule has 0 aliphatic heterocycles. The first-order valence-electron chi connectivity index (χ1n) is 5.21. The fraction of sp³-hybridized carbons (Fsp3) is 0.250. The highest BCUT2D eigenvalue weighted by Crippen LogP contribution is 2.18. The zero-order valence-electron chi connectivity index (χ0n) is 9.75. The predicted octanol–water partition coefficient (Wildman–Crippen LogP) is 1.25. The molecular formula is C12H13N3O2.